The second-order valence-corrected chi connectivity index (χ2v) is 14.0. The maximum atomic E-state index is 14.9. The summed E-state index contributed by atoms with van der Waals surface area (Å²) >= 11 is 0.787. The predicted molar refractivity (Wildman–Crippen MR) is 166 cm³/mol. The first-order chi connectivity index (χ1) is 21.0. The summed E-state index contributed by atoms with van der Waals surface area (Å²) in [4.78, 5) is 29.5. The third-order valence-electron chi connectivity index (χ3n) is 8.24. The molecule has 1 saturated heterocycles. The van der Waals surface area contributed by atoms with Crippen LogP contribution in [0.1, 0.15) is 35.7 Å². The number of likely N-dealkylation sites (tertiary alicyclic amines) is 1. The standard InChI is InChI=1S/C32H33N3O7S2/c1-21-30(43-31(33-21)34-22(2)37)44(39,40)35(20-36)19-26(38)18-29(35)32(23-8-6-5-7-9-23,24-10-14-27(41-3)15-11-24)25-12-16-28(42-4)17-13-25/h5-17,20,26,29,38H,18-19H2,1-4H3/p+1. The highest BCUT2D eigenvalue weighted by Gasteiger charge is 2.66. The number of thiazole rings is 1. The summed E-state index contributed by atoms with van der Waals surface area (Å²) in [6.45, 7) is 2.45. The zero-order chi connectivity index (χ0) is 31.7. The van der Waals surface area contributed by atoms with Gasteiger partial charge >= 0.3 is 16.4 Å². The molecule has 5 rings (SSSR count). The number of ether oxygens (including phenoxy) is 2. The van der Waals surface area contributed by atoms with Crippen LogP contribution < -0.4 is 14.8 Å². The van der Waals surface area contributed by atoms with Crippen molar-refractivity contribution < 1.29 is 36.5 Å². The van der Waals surface area contributed by atoms with Crippen molar-refractivity contribution in [1.29, 1.82) is 0 Å². The molecule has 2 N–H and O–H groups in total. The molecular weight excluding hydrogens is 602 g/mol. The van der Waals surface area contributed by atoms with Crippen LogP contribution in [-0.4, -0.2) is 67.6 Å². The molecular formula is C32H34N3O7S2+. The van der Waals surface area contributed by atoms with Gasteiger partial charge < -0.3 is 19.9 Å². The highest BCUT2D eigenvalue weighted by atomic mass is 32.2. The number of aliphatic hydroxyl groups is 1. The lowest BCUT2D eigenvalue weighted by Gasteiger charge is -2.45. The molecule has 1 aliphatic rings. The van der Waals surface area contributed by atoms with E-state index in [4.69, 9.17) is 9.47 Å². The largest absolute Gasteiger partial charge is 0.497 e. The van der Waals surface area contributed by atoms with Gasteiger partial charge in [-0.1, -0.05) is 65.9 Å². The Morgan fingerprint density at radius 1 is 0.977 bits per heavy atom. The van der Waals surface area contributed by atoms with E-state index in [-0.39, 0.29) is 28.0 Å². The van der Waals surface area contributed by atoms with Gasteiger partial charge in [0, 0.05) is 13.3 Å². The van der Waals surface area contributed by atoms with Crippen LogP contribution in [0.5, 0.6) is 11.5 Å². The number of amides is 2. The van der Waals surface area contributed by atoms with Crippen LogP contribution in [0.3, 0.4) is 0 Å². The van der Waals surface area contributed by atoms with Gasteiger partial charge in [-0.2, -0.15) is 8.42 Å². The van der Waals surface area contributed by atoms with Crippen molar-refractivity contribution in [3.63, 3.8) is 0 Å². The third kappa shape index (κ3) is 5.07. The van der Waals surface area contributed by atoms with Crippen molar-refractivity contribution in [2.75, 3.05) is 26.1 Å². The summed E-state index contributed by atoms with van der Waals surface area (Å²) < 4.78 is 39.3. The molecule has 0 aliphatic carbocycles. The van der Waals surface area contributed by atoms with Crippen molar-refractivity contribution in [2.45, 2.75) is 42.0 Å². The fraction of sp³-hybridized carbons (Fsp3) is 0.281. The monoisotopic (exact) mass is 636 g/mol. The SMILES string of the molecule is COc1ccc(C(c2ccccc2)(c2ccc(OC)cc2)C2CC(O)C[N+]2(C=O)S(=O)(=O)c2sc(NC(C)=O)nc2C)cc1. The molecule has 3 atom stereocenters. The predicted octanol–water partition coefficient (Wildman–Crippen LogP) is 4.26. The molecule has 2 heterocycles. The third-order valence-corrected chi connectivity index (χ3v) is 12.1. The van der Waals surface area contributed by atoms with Gasteiger partial charge in [0.25, 0.3) is 0 Å². The lowest BCUT2D eigenvalue weighted by atomic mass is 9.64. The van der Waals surface area contributed by atoms with Crippen LogP contribution in [0.15, 0.2) is 83.1 Å². The number of methoxy groups -OCH3 is 2. The lowest BCUT2D eigenvalue weighted by Crippen LogP contribution is -2.62. The van der Waals surface area contributed by atoms with Crippen LogP contribution in [0, 0.1) is 6.92 Å². The fourth-order valence-corrected chi connectivity index (χ4v) is 9.99. The van der Waals surface area contributed by atoms with E-state index in [1.165, 1.54) is 13.8 Å². The molecule has 0 spiro atoms. The maximum Gasteiger partial charge on any atom is 0.345 e. The summed E-state index contributed by atoms with van der Waals surface area (Å²) in [5, 5.41) is 13.9. The van der Waals surface area contributed by atoms with Gasteiger partial charge in [0.05, 0.1) is 25.3 Å². The van der Waals surface area contributed by atoms with Crippen LogP contribution in [0.25, 0.3) is 0 Å². The smallest absolute Gasteiger partial charge is 0.345 e. The molecule has 230 valence electrons. The molecule has 4 aromatic rings. The summed E-state index contributed by atoms with van der Waals surface area (Å²) in [6, 6.07) is 23.0. The number of rotatable bonds is 10. The summed E-state index contributed by atoms with van der Waals surface area (Å²) in [7, 11) is -1.43. The lowest BCUT2D eigenvalue weighted by molar-refractivity contribution is -0.738. The number of aryl methyl sites for hydroxylation is 1. The van der Waals surface area contributed by atoms with E-state index in [9.17, 15) is 23.1 Å². The number of carbonyl (C=O) groups is 2. The van der Waals surface area contributed by atoms with Gasteiger partial charge in [-0.05, 0) is 47.9 Å². The van der Waals surface area contributed by atoms with Crippen LogP contribution in [0.4, 0.5) is 5.13 Å². The number of quaternary nitrogens is 1. The van der Waals surface area contributed by atoms with Crippen LogP contribution in [0.2, 0.25) is 0 Å². The second-order valence-electron chi connectivity index (χ2n) is 10.7. The Bertz CT molecular complexity index is 1710. The van der Waals surface area contributed by atoms with Crippen molar-refractivity contribution >= 4 is 38.8 Å². The molecule has 3 aromatic carbocycles. The average molecular weight is 637 g/mol. The van der Waals surface area contributed by atoms with Gasteiger partial charge in [0.1, 0.15) is 30.2 Å². The zero-order valence-electron chi connectivity index (χ0n) is 24.8. The Kier molecular flexibility index (Phi) is 8.63. The van der Waals surface area contributed by atoms with Crippen molar-refractivity contribution in [2.24, 2.45) is 0 Å². The molecule has 0 radical (unpaired) electrons. The number of sulfonamides is 1. The summed E-state index contributed by atoms with van der Waals surface area (Å²) in [6.07, 6.45) is -0.706. The molecule has 0 bridgehead atoms. The van der Waals surface area contributed by atoms with E-state index in [1.54, 1.807) is 38.5 Å². The molecule has 2 amide bonds. The molecule has 0 saturated carbocycles. The Morgan fingerprint density at radius 3 is 1.98 bits per heavy atom. The Balaban J connectivity index is 1.87. The van der Waals surface area contributed by atoms with Gasteiger partial charge in [0.2, 0.25) is 5.91 Å². The Labute approximate surface area is 260 Å². The second kappa shape index (κ2) is 12.1. The minimum atomic E-state index is -4.55. The van der Waals surface area contributed by atoms with Gasteiger partial charge in [-0.15, -0.1) is 3.89 Å². The summed E-state index contributed by atoms with van der Waals surface area (Å²) in [5.74, 6) is 0.802. The molecule has 1 aliphatic heterocycles. The highest BCUT2D eigenvalue weighted by molar-refractivity contribution is 7.88. The number of carbonyl (C=O) groups excluding carboxylic acids is 2. The maximum absolute atomic E-state index is 14.9. The van der Waals surface area contributed by atoms with Gasteiger partial charge in [-0.25, -0.2) is 9.78 Å². The first kappa shape index (κ1) is 31.3. The van der Waals surface area contributed by atoms with E-state index in [1.807, 2.05) is 54.6 Å². The highest BCUT2D eigenvalue weighted by Crippen LogP contribution is 2.52. The molecule has 44 heavy (non-hydrogen) atoms. The molecule has 3 unspecified atom stereocenters. The average Bonchev–Trinajstić information content (AvgIpc) is 3.58. The minimum absolute atomic E-state index is 0.0126. The number of benzene rings is 3. The number of aliphatic hydroxyl groups excluding tert-OH is 1. The zero-order valence-corrected chi connectivity index (χ0v) is 26.4. The van der Waals surface area contributed by atoms with Crippen molar-refractivity contribution in [1.82, 2.24) is 4.98 Å². The number of anilines is 1. The van der Waals surface area contributed by atoms with E-state index < -0.39 is 37.4 Å². The number of hydrogen-bond acceptors (Lipinski definition) is 9. The Hall–Kier alpha value is -4.10. The van der Waals surface area contributed by atoms with E-state index in [2.05, 4.69) is 10.3 Å². The van der Waals surface area contributed by atoms with E-state index >= 15 is 0 Å². The Morgan fingerprint density at radius 2 is 1.50 bits per heavy atom. The first-order valence-electron chi connectivity index (χ1n) is 13.9. The minimum Gasteiger partial charge on any atom is -0.497 e. The van der Waals surface area contributed by atoms with Gasteiger partial charge in [0.15, 0.2) is 9.34 Å². The first-order valence-corrected chi connectivity index (χ1v) is 16.2. The molecule has 1 aromatic heterocycles. The van der Waals surface area contributed by atoms with Crippen molar-refractivity contribution in [3.8, 4) is 11.5 Å². The van der Waals surface area contributed by atoms with Gasteiger partial charge in [-0.3, -0.25) is 4.79 Å². The quantitative estimate of drug-likeness (QED) is 0.150. The van der Waals surface area contributed by atoms with Crippen molar-refractivity contribution in [3.05, 3.63) is 101 Å². The molecule has 10 nitrogen and oxygen atoms in total. The molecule has 12 heteroatoms. The fourth-order valence-electron chi connectivity index (χ4n) is 6.38. The number of nitrogens with zero attached hydrogens (tertiary/aromatic N) is 2. The number of nitrogens with one attached hydrogen (secondary N) is 1. The van der Waals surface area contributed by atoms with Crippen LogP contribution in [-0.2, 0) is 25.0 Å². The van der Waals surface area contributed by atoms with Crippen LogP contribution >= 0.6 is 11.3 Å². The normalized spacial score (nSPS) is 20.2. The number of aromatic nitrogens is 1. The number of hydrogen-bond donors (Lipinski definition) is 2. The van der Waals surface area contributed by atoms with E-state index in [0.29, 0.717) is 29.0 Å². The van der Waals surface area contributed by atoms with E-state index in [0.717, 1.165) is 16.9 Å². The topological polar surface area (TPSA) is 132 Å². The molecule has 1 fully saturated rings. The summed E-state index contributed by atoms with van der Waals surface area (Å²) in [5.41, 5.74) is 1.03.